The summed E-state index contributed by atoms with van der Waals surface area (Å²) in [6, 6.07) is 0. The molecule has 0 aliphatic heterocycles. The van der Waals surface area contributed by atoms with Crippen molar-refractivity contribution in [1.82, 2.24) is 9.97 Å². The van der Waals surface area contributed by atoms with Crippen molar-refractivity contribution in [2.24, 2.45) is 0 Å². The number of nitrogens with zero attached hydrogens (tertiary/aromatic N) is 2. The fraction of sp³-hybridized carbons (Fsp3) is 0.273. The van der Waals surface area contributed by atoms with E-state index in [1.54, 1.807) is 0 Å². The largest absolute Gasteiger partial charge is 0.440 e. The van der Waals surface area contributed by atoms with Gasteiger partial charge in [0.2, 0.25) is 5.71 Å². The molecule has 0 radical (unpaired) electrons. The minimum Gasteiger partial charge on any atom is -0.440 e. The molecule has 5 nitrogen and oxygen atoms in total. The van der Waals surface area contributed by atoms with Crippen LogP contribution in [0, 0.1) is 0 Å². The maximum absolute atomic E-state index is 11.0. The highest BCUT2D eigenvalue weighted by atomic mass is 16.3. The van der Waals surface area contributed by atoms with Crippen molar-refractivity contribution in [3.8, 4) is 0 Å². The summed E-state index contributed by atoms with van der Waals surface area (Å²) < 4.78 is 5.43. The van der Waals surface area contributed by atoms with E-state index in [0.717, 1.165) is 0 Å². The zero-order valence-electron chi connectivity index (χ0n) is 8.93. The van der Waals surface area contributed by atoms with E-state index in [4.69, 9.17) is 4.42 Å². The third kappa shape index (κ3) is 1.50. The van der Waals surface area contributed by atoms with Gasteiger partial charge >= 0.3 is 0 Å². The van der Waals surface area contributed by atoms with Gasteiger partial charge in [-0.3, -0.25) is 9.59 Å². The molecule has 82 valence electrons. The summed E-state index contributed by atoms with van der Waals surface area (Å²) in [5, 5.41) is 0. The molecule has 0 fully saturated rings. The molecule has 5 heteroatoms. The van der Waals surface area contributed by atoms with Crippen LogP contribution in [0.3, 0.4) is 0 Å². The molecule has 2 aromatic rings. The van der Waals surface area contributed by atoms with E-state index in [1.807, 2.05) is 13.8 Å². The van der Waals surface area contributed by atoms with E-state index >= 15 is 0 Å². The number of aldehydes is 2. The Balaban J connectivity index is 2.78. The number of hydrogen-bond acceptors (Lipinski definition) is 5. The predicted octanol–water partition coefficient (Wildman–Crippen LogP) is 1.97. The summed E-state index contributed by atoms with van der Waals surface area (Å²) in [6.07, 6.45) is 2.59. The van der Waals surface area contributed by atoms with Crippen LogP contribution in [0.25, 0.3) is 11.2 Å². The van der Waals surface area contributed by atoms with Gasteiger partial charge in [0.25, 0.3) is 0 Å². The molecule has 0 aromatic carbocycles. The Labute approximate surface area is 91.5 Å². The highest BCUT2D eigenvalue weighted by molar-refractivity contribution is 5.94. The number of hydrogen-bond donors (Lipinski definition) is 0. The Hall–Kier alpha value is -2.04. The van der Waals surface area contributed by atoms with Crippen LogP contribution in [0.4, 0.5) is 0 Å². The molecule has 0 N–H and O–H groups in total. The molecule has 0 atom stereocenters. The fourth-order valence-electron chi connectivity index (χ4n) is 1.52. The summed E-state index contributed by atoms with van der Waals surface area (Å²) in [5.74, 6) is 0.615. The molecule has 0 aliphatic rings. The van der Waals surface area contributed by atoms with Gasteiger partial charge in [-0.2, -0.15) is 0 Å². The van der Waals surface area contributed by atoms with Crippen molar-refractivity contribution in [3.05, 3.63) is 23.2 Å². The van der Waals surface area contributed by atoms with E-state index in [2.05, 4.69) is 9.97 Å². The monoisotopic (exact) mass is 218 g/mol. The summed E-state index contributed by atoms with van der Waals surface area (Å²) in [4.78, 5) is 29.5. The SMILES string of the molecule is CC(C)c1oc2ncc(C=O)nc2c1C=O. The number of rotatable bonds is 3. The zero-order chi connectivity index (χ0) is 11.7. The molecule has 0 aliphatic carbocycles. The second-order valence-corrected chi connectivity index (χ2v) is 3.72. The Morgan fingerprint density at radius 3 is 2.62 bits per heavy atom. The second-order valence-electron chi connectivity index (χ2n) is 3.72. The van der Waals surface area contributed by atoms with Crippen LogP contribution in [0.2, 0.25) is 0 Å². The van der Waals surface area contributed by atoms with E-state index in [0.29, 0.717) is 29.4 Å². The summed E-state index contributed by atoms with van der Waals surface area (Å²) in [7, 11) is 0. The average molecular weight is 218 g/mol. The van der Waals surface area contributed by atoms with Crippen LogP contribution < -0.4 is 0 Å². The maximum atomic E-state index is 11.0. The first-order valence-corrected chi connectivity index (χ1v) is 4.87. The van der Waals surface area contributed by atoms with Gasteiger partial charge in [0.1, 0.15) is 17.0 Å². The van der Waals surface area contributed by atoms with Crippen LogP contribution in [0.15, 0.2) is 10.6 Å². The van der Waals surface area contributed by atoms with Crippen molar-refractivity contribution in [2.75, 3.05) is 0 Å². The molecule has 0 saturated heterocycles. The number of carbonyl (C=O) groups is 2. The molecule has 0 unspecified atom stereocenters. The Kier molecular flexibility index (Phi) is 2.52. The Morgan fingerprint density at radius 1 is 1.31 bits per heavy atom. The van der Waals surface area contributed by atoms with Crippen LogP contribution in [0.5, 0.6) is 0 Å². The molecule has 0 amide bonds. The number of aromatic nitrogens is 2. The van der Waals surface area contributed by atoms with Gasteiger partial charge in [-0.25, -0.2) is 9.97 Å². The Bertz CT molecular complexity index is 558. The average Bonchev–Trinajstić information content (AvgIpc) is 2.66. The maximum Gasteiger partial charge on any atom is 0.246 e. The van der Waals surface area contributed by atoms with E-state index in [-0.39, 0.29) is 17.3 Å². The normalized spacial score (nSPS) is 10.9. The first kappa shape index (κ1) is 10.5. The summed E-state index contributed by atoms with van der Waals surface area (Å²) >= 11 is 0. The molecule has 16 heavy (non-hydrogen) atoms. The lowest BCUT2D eigenvalue weighted by atomic mass is 10.1. The van der Waals surface area contributed by atoms with Gasteiger partial charge < -0.3 is 4.42 Å². The first-order valence-electron chi connectivity index (χ1n) is 4.87. The minimum atomic E-state index is 0.0656. The molecular weight excluding hydrogens is 208 g/mol. The summed E-state index contributed by atoms with van der Waals surface area (Å²) in [6.45, 7) is 3.82. The van der Waals surface area contributed by atoms with Gasteiger partial charge in [-0.1, -0.05) is 13.8 Å². The lowest BCUT2D eigenvalue weighted by Crippen LogP contribution is -1.93. The quantitative estimate of drug-likeness (QED) is 0.736. The van der Waals surface area contributed by atoms with Crippen LogP contribution in [-0.4, -0.2) is 22.5 Å². The topological polar surface area (TPSA) is 73.1 Å². The van der Waals surface area contributed by atoms with Gasteiger partial charge in [0.05, 0.1) is 11.8 Å². The second kappa shape index (κ2) is 3.84. The highest BCUT2D eigenvalue weighted by Crippen LogP contribution is 2.27. The molecular formula is C11H10N2O3. The zero-order valence-corrected chi connectivity index (χ0v) is 8.93. The number of fused-ring (bicyclic) bond motifs is 1. The minimum absolute atomic E-state index is 0.0656. The molecule has 0 spiro atoms. The van der Waals surface area contributed by atoms with Gasteiger partial charge in [-0.05, 0) is 0 Å². The number of furan rings is 1. The standard InChI is InChI=1S/C11H10N2O3/c1-6(2)10-8(5-15)9-11(16-10)12-3-7(4-14)13-9/h3-6H,1-2H3. The van der Waals surface area contributed by atoms with Gasteiger partial charge in [0.15, 0.2) is 12.6 Å². The lowest BCUT2D eigenvalue weighted by molar-refractivity contribution is 0.111. The van der Waals surface area contributed by atoms with Crippen molar-refractivity contribution >= 4 is 23.8 Å². The van der Waals surface area contributed by atoms with E-state index in [9.17, 15) is 9.59 Å². The van der Waals surface area contributed by atoms with Crippen molar-refractivity contribution in [1.29, 1.82) is 0 Å². The van der Waals surface area contributed by atoms with Crippen LogP contribution in [0.1, 0.15) is 46.4 Å². The lowest BCUT2D eigenvalue weighted by Gasteiger charge is -1.98. The van der Waals surface area contributed by atoms with Gasteiger partial charge in [-0.15, -0.1) is 0 Å². The van der Waals surface area contributed by atoms with E-state index in [1.165, 1.54) is 6.20 Å². The summed E-state index contributed by atoms with van der Waals surface area (Å²) in [5.41, 5.74) is 1.20. The Morgan fingerprint density at radius 2 is 2.06 bits per heavy atom. The molecule has 2 heterocycles. The number of carbonyl (C=O) groups excluding carboxylic acids is 2. The molecule has 2 rings (SSSR count). The molecule has 0 saturated carbocycles. The smallest absolute Gasteiger partial charge is 0.246 e. The fourth-order valence-corrected chi connectivity index (χ4v) is 1.52. The van der Waals surface area contributed by atoms with Gasteiger partial charge in [0, 0.05) is 5.92 Å². The molecule has 0 bridgehead atoms. The van der Waals surface area contributed by atoms with Crippen molar-refractivity contribution < 1.29 is 14.0 Å². The third-order valence-electron chi connectivity index (χ3n) is 2.25. The highest BCUT2D eigenvalue weighted by Gasteiger charge is 2.18. The van der Waals surface area contributed by atoms with Crippen molar-refractivity contribution in [2.45, 2.75) is 19.8 Å². The van der Waals surface area contributed by atoms with Crippen molar-refractivity contribution in [3.63, 3.8) is 0 Å². The van der Waals surface area contributed by atoms with E-state index < -0.39 is 0 Å². The van der Waals surface area contributed by atoms with Crippen LogP contribution >= 0.6 is 0 Å². The van der Waals surface area contributed by atoms with Crippen LogP contribution in [-0.2, 0) is 0 Å². The molecule has 2 aromatic heterocycles. The predicted molar refractivity (Wildman–Crippen MR) is 56.7 cm³/mol. The first-order chi connectivity index (χ1) is 7.67. The third-order valence-corrected chi connectivity index (χ3v) is 2.25.